The Labute approximate surface area is 151 Å². The predicted molar refractivity (Wildman–Crippen MR) is 95.9 cm³/mol. The highest BCUT2D eigenvalue weighted by Crippen LogP contribution is 2.38. The maximum atomic E-state index is 12.4. The summed E-state index contributed by atoms with van der Waals surface area (Å²) in [5, 5.41) is 12.6. The number of carbonyl (C=O) groups excluding carboxylic acids is 1. The third-order valence-electron chi connectivity index (χ3n) is 5.44. The second kappa shape index (κ2) is 7.18. The van der Waals surface area contributed by atoms with Crippen LogP contribution < -0.4 is 10.2 Å². The Balaban J connectivity index is 1.33. The van der Waals surface area contributed by atoms with Gasteiger partial charge in [-0.3, -0.25) is 9.78 Å². The van der Waals surface area contributed by atoms with Gasteiger partial charge in [0.15, 0.2) is 0 Å². The molecule has 3 aliphatic rings. The van der Waals surface area contributed by atoms with Crippen LogP contribution in [0.5, 0.6) is 0 Å². The summed E-state index contributed by atoms with van der Waals surface area (Å²) in [7, 11) is 0. The summed E-state index contributed by atoms with van der Waals surface area (Å²) >= 11 is 1.65. The summed E-state index contributed by atoms with van der Waals surface area (Å²) in [6.45, 7) is 0.327. The van der Waals surface area contributed by atoms with E-state index < -0.39 is 0 Å². The zero-order valence-corrected chi connectivity index (χ0v) is 14.9. The van der Waals surface area contributed by atoms with Gasteiger partial charge in [0.2, 0.25) is 5.91 Å². The highest BCUT2D eigenvalue weighted by atomic mass is 32.2. The molecule has 8 heteroatoms. The van der Waals surface area contributed by atoms with E-state index in [1.165, 1.54) is 12.8 Å². The Bertz CT molecular complexity index is 651. The first-order chi connectivity index (χ1) is 12.3. The number of anilines is 1. The lowest BCUT2D eigenvalue weighted by Crippen LogP contribution is -2.51. The molecule has 3 atom stereocenters. The Morgan fingerprint density at radius 1 is 1.36 bits per heavy atom. The zero-order chi connectivity index (χ0) is 17.2. The van der Waals surface area contributed by atoms with Crippen LogP contribution in [0.25, 0.3) is 0 Å². The third-order valence-corrected chi connectivity index (χ3v) is 6.45. The molecule has 0 spiro atoms. The van der Waals surface area contributed by atoms with Crippen molar-refractivity contribution in [2.75, 3.05) is 23.1 Å². The summed E-state index contributed by atoms with van der Waals surface area (Å²) < 4.78 is 0. The zero-order valence-electron chi connectivity index (χ0n) is 14.0. The van der Waals surface area contributed by atoms with Gasteiger partial charge in [-0.1, -0.05) is 0 Å². The maximum Gasteiger partial charge on any atom is 0.238 e. The Morgan fingerprint density at radius 2 is 2.16 bits per heavy atom. The number of rotatable bonds is 4. The van der Waals surface area contributed by atoms with Gasteiger partial charge >= 0.3 is 0 Å². The SMILES string of the molecule is N#CC1CSCN1C(=O)CNC1C[C@H]2CC[C@H](C1)N2c1cnccn1. The van der Waals surface area contributed by atoms with Crippen LogP contribution in [0, 0.1) is 11.3 Å². The van der Waals surface area contributed by atoms with Gasteiger partial charge in [0, 0.05) is 36.3 Å². The van der Waals surface area contributed by atoms with Crippen molar-refractivity contribution in [3.05, 3.63) is 18.6 Å². The van der Waals surface area contributed by atoms with E-state index >= 15 is 0 Å². The number of hydrogen-bond donors (Lipinski definition) is 1. The average Bonchev–Trinajstić information content (AvgIpc) is 3.23. The van der Waals surface area contributed by atoms with Crippen LogP contribution in [0.1, 0.15) is 25.7 Å². The highest BCUT2D eigenvalue weighted by Gasteiger charge is 2.41. The molecule has 0 aromatic carbocycles. The number of hydrogen-bond acceptors (Lipinski definition) is 7. The van der Waals surface area contributed by atoms with Gasteiger partial charge in [0.25, 0.3) is 0 Å². The highest BCUT2D eigenvalue weighted by molar-refractivity contribution is 7.99. The standard InChI is InChI=1S/C17H22N6OS/c18-7-15-10-25-11-22(15)17(24)9-21-12-5-13-1-2-14(6-12)23(13)16-8-19-3-4-20-16/h3-4,8,12-15,21H,1-2,5-6,9-11H2/t13-,14-,15?/m1/s1. The molecular weight excluding hydrogens is 336 g/mol. The van der Waals surface area contributed by atoms with E-state index in [0.717, 1.165) is 24.4 Å². The summed E-state index contributed by atoms with van der Waals surface area (Å²) in [6.07, 6.45) is 9.69. The Kier molecular flexibility index (Phi) is 4.77. The van der Waals surface area contributed by atoms with Crippen LogP contribution in [0.15, 0.2) is 18.6 Å². The lowest BCUT2D eigenvalue weighted by Gasteiger charge is -2.40. The largest absolute Gasteiger partial charge is 0.349 e. The summed E-state index contributed by atoms with van der Waals surface area (Å²) in [5.41, 5.74) is 0. The smallest absolute Gasteiger partial charge is 0.238 e. The van der Waals surface area contributed by atoms with Crippen molar-refractivity contribution in [3.63, 3.8) is 0 Å². The van der Waals surface area contributed by atoms with Gasteiger partial charge < -0.3 is 15.1 Å². The third kappa shape index (κ3) is 3.31. The van der Waals surface area contributed by atoms with Crippen LogP contribution in [0.4, 0.5) is 5.82 Å². The number of piperidine rings is 1. The number of carbonyl (C=O) groups is 1. The monoisotopic (exact) mass is 358 g/mol. The maximum absolute atomic E-state index is 12.4. The van der Waals surface area contributed by atoms with Crippen molar-refractivity contribution in [3.8, 4) is 6.07 Å². The number of nitrogens with one attached hydrogen (secondary N) is 1. The van der Waals surface area contributed by atoms with E-state index in [1.807, 2.05) is 6.20 Å². The van der Waals surface area contributed by atoms with Gasteiger partial charge in [-0.05, 0) is 25.7 Å². The van der Waals surface area contributed by atoms with Crippen LogP contribution in [-0.4, -0.2) is 63.1 Å². The number of thioether (sulfide) groups is 1. The first kappa shape index (κ1) is 16.6. The number of nitriles is 1. The molecule has 2 bridgehead atoms. The second-order valence-corrected chi connectivity index (χ2v) is 7.91. The topological polar surface area (TPSA) is 85.2 Å². The van der Waals surface area contributed by atoms with Crippen molar-refractivity contribution in [1.82, 2.24) is 20.2 Å². The van der Waals surface area contributed by atoms with E-state index in [1.54, 1.807) is 29.1 Å². The molecule has 0 radical (unpaired) electrons. The van der Waals surface area contributed by atoms with Crippen LogP contribution >= 0.6 is 11.8 Å². The van der Waals surface area contributed by atoms with Gasteiger partial charge in [-0.2, -0.15) is 5.26 Å². The number of amides is 1. The number of fused-ring (bicyclic) bond motifs is 2. The van der Waals surface area contributed by atoms with Crippen molar-refractivity contribution >= 4 is 23.5 Å². The summed E-state index contributed by atoms with van der Waals surface area (Å²) in [4.78, 5) is 25.2. The summed E-state index contributed by atoms with van der Waals surface area (Å²) in [6, 6.07) is 3.24. The van der Waals surface area contributed by atoms with Gasteiger partial charge in [-0.15, -0.1) is 11.8 Å². The lowest BCUT2D eigenvalue weighted by atomic mass is 9.97. The van der Waals surface area contributed by atoms with Gasteiger partial charge in [0.1, 0.15) is 11.9 Å². The minimum absolute atomic E-state index is 0.0419. The normalized spacial score (nSPS) is 31.2. The van der Waals surface area contributed by atoms with E-state index in [9.17, 15) is 4.79 Å². The van der Waals surface area contributed by atoms with E-state index in [-0.39, 0.29) is 11.9 Å². The first-order valence-corrected chi connectivity index (χ1v) is 9.96. The minimum Gasteiger partial charge on any atom is -0.349 e. The van der Waals surface area contributed by atoms with Crippen molar-refractivity contribution < 1.29 is 4.79 Å². The number of nitrogens with zero attached hydrogens (tertiary/aromatic N) is 5. The fourth-order valence-electron chi connectivity index (χ4n) is 4.27. The fourth-order valence-corrected chi connectivity index (χ4v) is 5.37. The first-order valence-electron chi connectivity index (χ1n) is 8.81. The van der Waals surface area contributed by atoms with Crippen LogP contribution in [0.3, 0.4) is 0 Å². The van der Waals surface area contributed by atoms with E-state index in [2.05, 4.69) is 26.3 Å². The molecule has 1 unspecified atom stereocenters. The van der Waals surface area contributed by atoms with Crippen molar-refractivity contribution in [2.45, 2.75) is 49.9 Å². The molecule has 0 aliphatic carbocycles. The molecule has 3 saturated heterocycles. The van der Waals surface area contributed by atoms with E-state index in [4.69, 9.17) is 5.26 Å². The molecule has 1 N–H and O–H groups in total. The Hall–Kier alpha value is -1.85. The predicted octanol–water partition coefficient (Wildman–Crippen LogP) is 0.991. The Morgan fingerprint density at radius 3 is 2.84 bits per heavy atom. The fraction of sp³-hybridized carbons (Fsp3) is 0.647. The molecule has 25 heavy (non-hydrogen) atoms. The molecule has 7 nitrogen and oxygen atoms in total. The molecule has 1 aromatic rings. The molecule has 1 amide bonds. The van der Waals surface area contributed by atoms with Crippen molar-refractivity contribution in [2.24, 2.45) is 0 Å². The van der Waals surface area contributed by atoms with Gasteiger partial charge in [-0.25, -0.2) is 4.98 Å². The molecule has 3 fully saturated rings. The molecule has 4 rings (SSSR count). The quantitative estimate of drug-likeness (QED) is 0.859. The number of aromatic nitrogens is 2. The van der Waals surface area contributed by atoms with Crippen LogP contribution in [0.2, 0.25) is 0 Å². The summed E-state index contributed by atoms with van der Waals surface area (Å²) in [5.74, 6) is 2.37. The molecule has 3 aliphatic heterocycles. The van der Waals surface area contributed by atoms with Gasteiger partial charge in [0.05, 0.1) is 24.7 Å². The minimum atomic E-state index is -0.269. The lowest BCUT2D eigenvalue weighted by molar-refractivity contribution is -0.129. The van der Waals surface area contributed by atoms with Crippen molar-refractivity contribution in [1.29, 1.82) is 5.26 Å². The molecule has 1 aromatic heterocycles. The second-order valence-electron chi connectivity index (χ2n) is 6.91. The molecular formula is C17H22N6OS. The van der Waals surface area contributed by atoms with Crippen LogP contribution in [-0.2, 0) is 4.79 Å². The molecule has 4 heterocycles. The van der Waals surface area contributed by atoms with E-state index in [0.29, 0.717) is 30.5 Å². The molecule has 132 valence electrons. The average molecular weight is 358 g/mol. The molecule has 0 saturated carbocycles.